The number of carbonyl (C=O) groups is 1. The van der Waals surface area contributed by atoms with Crippen molar-refractivity contribution in [3.8, 4) is 11.1 Å². The molecule has 1 aromatic carbocycles. The minimum atomic E-state index is -0.547. The summed E-state index contributed by atoms with van der Waals surface area (Å²) in [5.74, 6) is -0.429. The van der Waals surface area contributed by atoms with E-state index >= 15 is 0 Å². The Hall–Kier alpha value is -2.67. The van der Waals surface area contributed by atoms with E-state index in [1.54, 1.807) is 24.3 Å². The third kappa shape index (κ3) is 2.58. The third-order valence-corrected chi connectivity index (χ3v) is 3.97. The Labute approximate surface area is 130 Å². The molecule has 0 saturated carbocycles. The largest absolute Gasteiger partial charge is 0.366 e. The molecule has 3 aromatic rings. The molecular formula is C15H13N3O3S. The van der Waals surface area contributed by atoms with E-state index in [0.29, 0.717) is 10.7 Å². The van der Waals surface area contributed by atoms with Gasteiger partial charge >= 0.3 is 5.63 Å². The number of nitrogens with one attached hydrogen (secondary N) is 1. The lowest BCUT2D eigenvalue weighted by atomic mass is 10.1. The lowest BCUT2D eigenvalue weighted by Gasteiger charge is -2.04. The summed E-state index contributed by atoms with van der Waals surface area (Å²) in [7, 11) is 1.52. The smallest absolute Gasteiger partial charge is 0.335 e. The van der Waals surface area contributed by atoms with Crippen molar-refractivity contribution in [1.29, 1.82) is 0 Å². The molecule has 0 atom stereocenters. The van der Waals surface area contributed by atoms with E-state index in [4.69, 9.17) is 4.52 Å². The van der Waals surface area contributed by atoms with E-state index in [1.807, 2.05) is 18.4 Å². The van der Waals surface area contributed by atoms with Gasteiger partial charge in [0.05, 0.1) is 5.69 Å². The number of carbonyl (C=O) groups excluding carboxylic acids is 1. The molecule has 0 radical (unpaired) electrons. The molecule has 0 aliphatic rings. The molecule has 112 valence electrons. The lowest BCUT2D eigenvalue weighted by Crippen LogP contribution is -2.17. The van der Waals surface area contributed by atoms with Crippen LogP contribution < -0.4 is 10.9 Å². The number of anilines is 1. The van der Waals surface area contributed by atoms with Gasteiger partial charge < -0.3 is 4.52 Å². The van der Waals surface area contributed by atoms with Gasteiger partial charge in [0.15, 0.2) is 10.8 Å². The van der Waals surface area contributed by atoms with E-state index in [9.17, 15) is 9.59 Å². The first-order valence-electron chi connectivity index (χ1n) is 6.55. The van der Waals surface area contributed by atoms with Gasteiger partial charge in [0.25, 0.3) is 5.91 Å². The van der Waals surface area contributed by atoms with Crippen molar-refractivity contribution in [2.45, 2.75) is 6.92 Å². The summed E-state index contributed by atoms with van der Waals surface area (Å²) in [4.78, 5) is 28.7. The van der Waals surface area contributed by atoms with Gasteiger partial charge in [-0.05, 0) is 12.5 Å². The van der Waals surface area contributed by atoms with Crippen LogP contribution in [0.3, 0.4) is 0 Å². The van der Waals surface area contributed by atoms with E-state index < -0.39 is 11.5 Å². The van der Waals surface area contributed by atoms with Crippen LogP contribution in [0.5, 0.6) is 0 Å². The van der Waals surface area contributed by atoms with Gasteiger partial charge in [0, 0.05) is 12.4 Å². The number of benzene rings is 1. The molecule has 2 aromatic heterocycles. The maximum atomic E-state index is 12.5. The van der Waals surface area contributed by atoms with Crippen LogP contribution in [0, 0.1) is 6.92 Å². The van der Waals surface area contributed by atoms with Crippen LogP contribution in [0.25, 0.3) is 11.1 Å². The zero-order valence-electron chi connectivity index (χ0n) is 12.0. The zero-order chi connectivity index (χ0) is 15.7. The third-order valence-electron chi connectivity index (χ3n) is 3.09. The number of nitrogens with zero attached hydrogens (tertiary/aromatic N) is 2. The highest BCUT2D eigenvalue weighted by molar-refractivity contribution is 7.13. The van der Waals surface area contributed by atoms with E-state index in [1.165, 1.54) is 23.1 Å². The lowest BCUT2D eigenvalue weighted by molar-refractivity contribution is 0.100. The maximum absolute atomic E-state index is 12.5. The van der Waals surface area contributed by atoms with Crippen molar-refractivity contribution in [3.63, 3.8) is 0 Å². The van der Waals surface area contributed by atoms with Gasteiger partial charge in [-0.2, -0.15) is 0 Å². The fraction of sp³-hybridized carbons (Fsp3) is 0.133. The van der Waals surface area contributed by atoms with Gasteiger partial charge in [0.1, 0.15) is 5.56 Å². The van der Waals surface area contributed by atoms with Crippen molar-refractivity contribution in [3.05, 3.63) is 57.5 Å². The molecule has 0 aliphatic carbocycles. The second kappa shape index (κ2) is 5.61. The van der Waals surface area contributed by atoms with Gasteiger partial charge in [-0.15, -0.1) is 11.3 Å². The number of aryl methyl sites for hydroxylation is 2. The highest BCUT2D eigenvalue weighted by Gasteiger charge is 2.23. The SMILES string of the molecule is Cc1csc(NC(=O)c2c(-c3ccccc3)c(=O)on2C)n1. The number of rotatable bonds is 3. The molecule has 0 fully saturated rings. The zero-order valence-corrected chi connectivity index (χ0v) is 12.8. The normalized spacial score (nSPS) is 10.6. The summed E-state index contributed by atoms with van der Waals surface area (Å²) in [6.07, 6.45) is 0. The first-order valence-corrected chi connectivity index (χ1v) is 7.43. The van der Waals surface area contributed by atoms with E-state index in [-0.39, 0.29) is 11.3 Å². The molecule has 0 unspecified atom stereocenters. The van der Waals surface area contributed by atoms with Crippen molar-refractivity contribution < 1.29 is 9.32 Å². The van der Waals surface area contributed by atoms with Gasteiger partial charge in [-0.3, -0.25) is 10.1 Å². The fourth-order valence-electron chi connectivity index (χ4n) is 2.15. The quantitative estimate of drug-likeness (QED) is 0.806. The first kappa shape index (κ1) is 14.3. The van der Waals surface area contributed by atoms with E-state index in [0.717, 1.165) is 5.69 Å². The Balaban J connectivity index is 2.03. The van der Waals surface area contributed by atoms with Crippen molar-refractivity contribution >= 4 is 22.4 Å². The Morgan fingerprint density at radius 2 is 2.05 bits per heavy atom. The maximum Gasteiger partial charge on any atom is 0.366 e. The summed E-state index contributed by atoms with van der Waals surface area (Å²) < 4.78 is 6.23. The molecule has 6 nitrogen and oxygen atoms in total. The van der Waals surface area contributed by atoms with Crippen molar-refractivity contribution in [1.82, 2.24) is 9.72 Å². The minimum Gasteiger partial charge on any atom is -0.335 e. The number of amides is 1. The fourth-order valence-corrected chi connectivity index (χ4v) is 2.84. The Morgan fingerprint density at radius 3 is 2.68 bits per heavy atom. The average Bonchev–Trinajstić information content (AvgIpc) is 3.02. The van der Waals surface area contributed by atoms with Crippen LogP contribution >= 0.6 is 11.3 Å². The van der Waals surface area contributed by atoms with Crippen LogP contribution in [0.2, 0.25) is 0 Å². The Bertz CT molecular complexity index is 877. The van der Waals surface area contributed by atoms with Crippen LogP contribution in [0.4, 0.5) is 5.13 Å². The minimum absolute atomic E-state index is 0.170. The summed E-state index contributed by atoms with van der Waals surface area (Å²) >= 11 is 1.33. The van der Waals surface area contributed by atoms with Crippen LogP contribution in [-0.2, 0) is 7.05 Å². The molecule has 0 bridgehead atoms. The summed E-state index contributed by atoms with van der Waals surface area (Å²) in [6.45, 7) is 1.84. The topological polar surface area (TPSA) is 77.1 Å². The Morgan fingerprint density at radius 1 is 1.32 bits per heavy atom. The van der Waals surface area contributed by atoms with Crippen LogP contribution in [0.1, 0.15) is 16.2 Å². The number of thiazole rings is 1. The molecule has 3 rings (SSSR count). The predicted octanol–water partition coefficient (Wildman–Crippen LogP) is 2.66. The monoisotopic (exact) mass is 315 g/mol. The number of hydrogen-bond acceptors (Lipinski definition) is 5. The molecule has 0 saturated heterocycles. The molecule has 0 spiro atoms. The van der Waals surface area contributed by atoms with Crippen LogP contribution in [0.15, 0.2) is 45.0 Å². The first-order chi connectivity index (χ1) is 10.6. The Kier molecular flexibility index (Phi) is 3.64. The molecule has 22 heavy (non-hydrogen) atoms. The average molecular weight is 315 g/mol. The van der Waals surface area contributed by atoms with Crippen molar-refractivity contribution in [2.75, 3.05) is 5.32 Å². The van der Waals surface area contributed by atoms with E-state index in [2.05, 4.69) is 10.3 Å². The molecule has 7 heteroatoms. The van der Waals surface area contributed by atoms with Gasteiger partial charge in [0.2, 0.25) is 0 Å². The van der Waals surface area contributed by atoms with Gasteiger partial charge in [-0.25, -0.2) is 14.5 Å². The van der Waals surface area contributed by atoms with Crippen LogP contribution in [-0.4, -0.2) is 15.6 Å². The molecule has 2 heterocycles. The standard InChI is InChI=1S/C15H13N3O3S/c1-9-8-22-15(16-9)17-13(19)12-11(14(20)21-18(12)2)10-6-4-3-5-7-10/h3-8H,1-2H3,(H,16,17,19). The second-order valence-electron chi connectivity index (χ2n) is 4.71. The summed E-state index contributed by atoms with van der Waals surface area (Å²) in [6, 6.07) is 8.96. The molecular weight excluding hydrogens is 302 g/mol. The summed E-state index contributed by atoms with van der Waals surface area (Å²) in [5, 5.41) is 5.01. The predicted molar refractivity (Wildman–Crippen MR) is 84.2 cm³/mol. The van der Waals surface area contributed by atoms with Crippen molar-refractivity contribution in [2.24, 2.45) is 7.05 Å². The molecule has 0 aliphatic heterocycles. The second-order valence-corrected chi connectivity index (χ2v) is 5.57. The van der Waals surface area contributed by atoms with Gasteiger partial charge in [-0.1, -0.05) is 30.3 Å². The number of hydrogen-bond donors (Lipinski definition) is 1. The highest BCUT2D eigenvalue weighted by Crippen LogP contribution is 2.22. The highest BCUT2D eigenvalue weighted by atomic mass is 32.1. The molecule has 1 N–H and O–H groups in total. The summed E-state index contributed by atoms with van der Waals surface area (Å²) in [5.41, 5.74) is 1.33. The molecule has 1 amide bonds. The number of aromatic nitrogens is 2.